The standard InChI is InChI=1S/C18H22F3NO3/c1-12(17(24)22-15-8-3-2-4-9-15)25-16(23)11-13-6-5-7-14(10-13)18(19,20)21/h5-7,10,12,15H,2-4,8-9,11H2,1H3,(H,22,24)/t12-/m0/s1. The first-order valence-corrected chi connectivity index (χ1v) is 8.41. The number of hydrogen-bond acceptors (Lipinski definition) is 3. The van der Waals surface area contributed by atoms with Crippen molar-refractivity contribution in [3.8, 4) is 0 Å². The van der Waals surface area contributed by atoms with Crippen LogP contribution in [-0.2, 0) is 26.9 Å². The Morgan fingerprint density at radius 2 is 1.92 bits per heavy atom. The minimum absolute atomic E-state index is 0.103. The second-order valence-corrected chi connectivity index (χ2v) is 6.35. The van der Waals surface area contributed by atoms with E-state index in [4.69, 9.17) is 4.74 Å². The molecule has 1 fully saturated rings. The van der Waals surface area contributed by atoms with E-state index in [2.05, 4.69) is 5.32 Å². The molecule has 0 bridgehead atoms. The van der Waals surface area contributed by atoms with Crippen LogP contribution in [0.1, 0.15) is 50.2 Å². The number of amides is 1. The third kappa shape index (κ3) is 6.07. The molecule has 0 heterocycles. The molecule has 138 valence electrons. The largest absolute Gasteiger partial charge is 0.452 e. The number of esters is 1. The number of benzene rings is 1. The van der Waals surface area contributed by atoms with Crippen LogP contribution in [0.4, 0.5) is 13.2 Å². The van der Waals surface area contributed by atoms with Crippen LogP contribution in [0, 0.1) is 0 Å². The first-order chi connectivity index (χ1) is 11.8. The zero-order chi connectivity index (χ0) is 18.4. The maximum Gasteiger partial charge on any atom is 0.416 e. The first kappa shape index (κ1) is 19.3. The Kier molecular flexibility index (Phi) is 6.45. The lowest BCUT2D eigenvalue weighted by atomic mass is 9.95. The number of nitrogens with one attached hydrogen (secondary N) is 1. The van der Waals surface area contributed by atoms with Gasteiger partial charge in [-0.05, 0) is 31.4 Å². The van der Waals surface area contributed by atoms with Crippen molar-refractivity contribution < 1.29 is 27.5 Å². The molecule has 1 amide bonds. The normalized spacial score (nSPS) is 17.0. The molecule has 0 unspecified atom stereocenters. The third-order valence-corrected chi connectivity index (χ3v) is 4.23. The van der Waals surface area contributed by atoms with Crippen molar-refractivity contribution in [3.63, 3.8) is 0 Å². The van der Waals surface area contributed by atoms with E-state index in [0.717, 1.165) is 44.2 Å². The number of ether oxygens (including phenoxy) is 1. The van der Waals surface area contributed by atoms with E-state index in [-0.39, 0.29) is 23.9 Å². The molecule has 1 aromatic carbocycles. The Morgan fingerprint density at radius 1 is 1.24 bits per heavy atom. The monoisotopic (exact) mass is 357 g/mol. The second-order valence-electron chi connectivity index (χ2n) is 6.35. The van der Waals surface area contributed by atoms with E-state index in [1.807, 2.05) is 0 Å². The molecule has 0 radical (unpaired) electrons. The molecule has 2 rings (SSSR count). The summed E-state index contributed by atoms with van der Waals surface area (Å²) in [5, 5.41) is 2.85. The van der Waals surface area contributed by atoms with Gasteiger partial charge in [-0.15, -0.1) is 0 Å². The van der Waals surface area contributed by atoms with Gasteiger partial charge in [-0.25, -0.2) is 0 Å². The van der Waals surface area contributed by atoms with Crippen LogP contribution in [-0.4, -0.2) is 24.0 Å². The molecule has 1 saturated carbocycles. The minimum atomic E-state index is -4.47. The fourth-order valence-corrected chi connectivity index (χ4v) is 2.88. The highest BCUT2D eigenvalue weighted by molar-refractivity contribution is 5.84. The quantitative estimate of drug-likeness (QED) is 0.819. The second kappa shape index (κ2) is 8.36. The van der Waals surface area contributed by atoms with Gasteiger partial charge in [0.05, 0.1) is 12.0 Å². The highest BCUT2D eigenvalue weighted by Crippen LogP contribution is 2.29. The Bertz CT molecular complexity index is 610. The molecule has 7 heteroatoms. The maximum atomic E-state index is 12.7. The smallest absolute Gasteiger partial charge is 0.416 e. The highest BCUT2D eigenvalue weighted by atomic mass is 19.4. The molecular formula is C18H22F3NO3. The SMILES string of the molecule is C[C@H](OC(=O)Cc1cccc(C(F)(F)F)c1)C(=O)NC1CCCCC1. The summed E-state index contributed by atoms with van der Waals surface area (Å²) in [6.45, 7) is 1.46. The van der Waals surface area contributed by atoms with Crippen LogP contribution in [0.15, 0.2) is 24.3 Å². The van der Waals surface area contributed by atoms with Crippen molar-refractivity contribution in [2.45, 2.75) is 63.8 Å². The summed E-state index contributed by atoms with van der Waals surface area (Å²) >= 11 is 0. The summed E-state index contributed by atoms with van der Waals surface area (Å²) in [5.41, 5.74) is -0.624. The van der Waals surface area contributed by atoms with Gasteiger partial charge in [-0.1, -0.05) is 37.5 Å². The van der Waals surface area contributed by atoms with Gasteiger partial charge in [0.25, 0.3) is 5.91 Å². The summed E-state index contributed by atoms with van der Waals surface area (Å²) in [5.74, 6) is -1.10. The van der Waals surface area contributed by atoms with Crippen LogP contribution < -0.4 is 5.32 Å². The predicted octanol–water partition coefficient (Wildman–Crippen LogP) is 3.63. The van der Waals surface area contributed by atoms with E-state index in [0.29, 0.717) is 0 Å². The lowest BCUT2D eigenvalue weighted by Gasteiger charge is -2.24. The maximum absolute atomic E-state index is 12.7. The van der Waals surface area contributed by atoms with Crippen molar-refractivity contribution in [1.29, 1.82) is 0 Å². The van der Waals surface area contributed by atoms with Crippen LogP contribution in [0.3, 0.4) is 0 Å². The summed E-state index contributed by atoms with van der Waals surface area (Å²) in [7, 11) is 0. The first-order valence-electron chi connectivity index (χ1n) is 8.41. The van der Waals surface area contributed by atoms with Gasteiger partial charge in [0, 0.05) is 6.04 Å². The number of halogens is 3. The fourth-order valence-electron chi connectivity index (χ4n) is 2.88. The number of hydrogen-bond donors (Lipinski definition) is 1. The lowest BCUT2D eigenvalue weighted by Crippen LogP contribution is -2.42. The summed E-state index contributed by atoms with van der Waals surface area (Å²) in [4.78, 5) is 23.9. The predicted molar refractivity (Wildman–Crippen MR) is 85.7 cm³/mol. The molecule has 1 aromatic rings. The van der Waals surface area contributed by atoms with Crippen molar-refractivity contribution in [2.24, 2.45) is 0 Å². The molecule has 1 N–H and O–H groups in total. The van der Waals surface area contributed by atoms with Crippen LogP contribution >= 0.6 is 0 Å². The zero-order valence-electron chi connectivity index (χ0n) is 14.1. The number of rotatable bonds is 5. The molecular weight excluding hydrogens is 335 g/mol. The topological polar surface area (TPSA) is 55.4 Å². The van der Waals surface area contributed by atoms with Gasteiger partial charge in [-0.3, -0.25) is 9.59 Å². The Balaban J connectivity index is 1.85. The third-order valence-electron chi connectivity index (χ3n) is 4.23. The number of carbonyl (C=O) groups excluding carboxylic acids is 2. The fraction of sp³-hybridized carbons (Fsp3) is 0.556. The number of carbonyl (C=O) groups is 2. The Morgan fingerprint density at radius 3 is 2.56 bits per heavy atom. The molecule has 1 atom stereocenters. The van der Waals surface area contributed by atoms with Gasteiger partial charge >= 0.3 is 12.1 Å². The molecule has 0 saturated heterocycles. The van der Waals surface area contributed by atoms with E-state index in [1.165, 1.54) is 19.1 Å². The number of alkyl halides is 3. The van der Waals surface area contributed by atoms with Crippen molar-refractivity contribution in [2.75, 3.05) is 0 Å². The van der Waals surface area contributed by atoms with E-state index < -0.39 is 23.8 Å². The molecule has 0 aromatic heterocycles. The van der Waals surface area contributed by atoms with E-state index >= 15 is 0 Å². The van der Waals surface area contributed by atoms with Crippen molar-refractivity contribution in [1.82, 2.24) is 5.32 Å². The molecule has 4 nitrogen and oxygen atoms in total. The van der Waals surface area contributed by atoms with Crippen molar-refractivity contribution in [3.05, 3.63) is 35.4 Å². The van der Waals surface area contributed by atoms with Gasteiger partial charge in [0.1, 0.15) is 0 Å². The van der Waals surface area contributed by atoms with E-state index in [9.17, 15) is 22.8 Å². The van der Waals surface area contributed by atoms with Crippen LogP contribution in [0.5, 0.6) is 0 Å². The summed E-state index contributed by atoms with van der Waals surface area (Å²) in [6.07, 6.45) is -0.636. The van der Waals surface area contributed by atoms with E-state index in [1.54, 1.807) is 0 Å². The Labute approximate surface area is 144 Å². The summed E-state index contributed by atoms with van der Waals surface area (Å²) in [6, 6.07) is 4.61. The molecule has 1 aliphatic rings. The lowest BCUT2D eigenvalue weighted by molar-refractivity contribution is -0.154. The summed E-state index contributed by atoms with van der Waals surface area (Å²) < 4.78 is 43.1. The van der Waals surface area contributed by atoms with Crippen molar-refractivity contribution >= 4 is 11.9 Å². The van der Waals surface area contributed by atoms with Crippen LogP contribution in [0.2, 0.25) is 0 Å². The van der Waals surface area contributed by atoms with Gasteiger partial charge < -0.3 is 10.1 Å². The minimum Gasteiger partial charge on any atom is -0.452 e. The van der Waals surface area contributed by atoms with Gasteiger partial charge in [0.15, 0.2) is 6.10 Å². The molecule has 0 spiro atoms. The van der Waals surface area contributed by atoms with Crippen LogP contribution in [0.25, 0.3) is 0 Å². The molecule has 25 heavy (non-hydrogen) atoms. The molecule has 1 aliphatic carbocycles. The zero-order valence-corrected chi connectivity index (χ0v) is 14.1. The average Bonchev–Trinajstić information content (AvgIpc) is 2.55. The van der Waals surface area contributed by atoms with Gasteiger partial charge in [0.2, 0.25) is 0 Å². The van der Waals surface area contributed by atoms with Gasteiger partial charge in [-0.2, -0.15) is 13.2 Å². The Hall–Kier alpha value is -2.05. The average molecular weight is 357 g/mol. The molecule has 0 aliphatic heterocycles. The highest BCUT2D eigenvalue weighted by Gasteiger charge is 2.30.